The zero-order valence-corrected chi connectivity index (χ0v) is 9.37. The fourth-order valence-corrected chi connectivity index (χ4v) is 2.62. The highest BCUT2D eigenvalue weighted by Gasteiger charge is 2.47. The molecule has 0 radical (unpaired) electrons. The molecule has 1 aromatic carbocycles. The summed E-state index contributed by atoms with van der Waals surface area (Å²) in [5, 5.41) is 9.72. The van der Waals surface area contributed by atoms with Gasteiger partial charge in [0.2, 0.25) is 0 Å². The molecule has 2 bridgehead atoms. The van der Waals surface area contributed by atoms with Crippen LogP contribution < -0.4 is 0 Å². The molecule has 0 aromatic heterocycles. The number of carbonyl (C=O) groups excluding carboxylic acids is 1. The molecular weight excluding hydrogens is 216 g/mol. The predicted molar refractivity (Wildman–Crippen MR) is 62.4 cm³/mol. The molecule has 0 unspecified atom stereocenters. The van der Waals surface area contributed by atoms with Crippen molar-refractivity contribution in [3.8, 4) is 0 Å². The minimum Gasteiger partial charge on any atom is -0.382 e. The molecule has 2 aliphatic rings. The summed E-state index contributed by atoms with van der Waals surface area (Å²) in [5.41, 5.74) is 0.436. The first-order chi connectivity index (χ1) is 8.21. The van der Waals surface area contributed by atoms with Gasteiger partial charge in [0.1, 0.15) is 17.8 Å². The van der Waals surface area contributed by atoms with Crippen LogP contribution in [0.25, 0.3) is 0 Å². The van der Waals surface area contributed by atoms with Gasteiger partial charge in [0.25, 0.3) is 0 Å². The highest BCUT2D eigenvalue weighted by Crippen LogP contribution is 2.42. The number of ketones is 1. The van der Waals surface area contributed by atoms with E-state index in [0.717, 1.165) is 5.56 Å². The van der Waals surface area contributed by atoms with Crippen molar-refractivity contribution in [2.75, 3.05) is 0 Å². The molecule has 1 saturated heterocycles. The lowest BCUT2D eigenvalue weighted by atomic mass is 9.78. The number of Topliss-reactive ketones (excluding diaryl/α,β-unsaturated/α-hetero) is 1. The Labute approximate surface area is 99.7 Å². The molecule has 3 atom stereocenters. The van der Waals surface area contributed by atoms with E-state index >= 15 is 0 Å². The third-order valence-electron chi connectivity index (χ3n) is 3.54. The van der Waals surface area contributed by atoms with Gasteiger partial charge in [-0.3, -0.25) is 4.79 Å². The van der Waals surface area contributed by atoms with Crippen LogP contribution >= 0.6 is 0 Å². The lowest BCUT2D eigenvalue weighted by Crippen LogP contribution is -2.51. The van der Waals surface area contributed by atoms with E-state index in [1.54, 1.807) is 6.08 Å². The lowest BCUT2D eigenvalue weighted by Gasteiger charge is -2.44. The van der Waals surface area contributed by atoms with Crippen LogP contribution in [0.1, 0.15) is 18.4 Å². The average Bonchev–Trinajstić information content (AvgIpc) is 2.38. The molecule has 1 fully saturated rings. The number of aliphatic hydroxyl groups is 1. The highest BCUT2D eigenvalue weighted by molar-refractivity contribution is 5.86. The molecule has 1 aromatic rings. The molecule has 17 heavy (non-hydrogen) atoms. The predicted octanol–water partition coefficient (Wildman–Crippen LogP) is 1.56. The van der Waals surface area contributed by atoms with Crippen molar-refractivity contribution in [3.05, 3.63) is 48.0 Å². The van der Waals surface area contributed by atoms with Crippen molar-refractivity contribution in [1.82, 2.24) is 0 Å². The summed E-state index contributed by atoms with van der Waals surface area (Å²) in [4.78, 5) is 11.8. The van der Waals surface area contributed by atoms with Crippen molar-refractivity contribution in [1.29, 1.82) is 0 Å². The van der Waals surface area contributed by atoms with Gasteiger partial charge >= 0.3 is 0 Å². The van der Waals surface area contributed by atoms with E-state index in [-0.39, 0.29) is 12.2 Å². The van der Waals surface area contributed by atoms with E-state index in [9.17, 15) is 9.90 Å². The second-order valence-corrected chi connectivity index (χ2v) is 4.66. The Morgan fingerprint density at radius 3 is 2.82 bits per heavy atom. The Morgan fingerprint density at radius 1 is 1.29 bits per heavy atom. The Balaban J connectivity index is 2.03. The number of hydrogen-bond acceptors (Lipinski definition) is 3. The Kier molecular flexibility index (Phi) is 2.38. The summed E-state index contributed by atoms with van der Waals surface area (Å²) in [6.45, 7) is 0. The molecule has 3 rings (SSSR count). The van der Waals surface area contributed by atoms with Gasteiger partial charge in [-0.2, -0.15) is 0 Å². The van der Waals surface area contributed by atoms with E-state index in [2.05, 4.69) is 0 Å². The van der Waals surface area contributed by atoms with Crippen LogP contribution in [0, 0.1) is 0 Å². The monoisotopic (exact) mass is 230 g/mol. The van der Waals surface area contributed by atoms with Crippen molar-refractivity contribution in [2.24, 2.45) is 0 Å². The van der Waals surface area contributed by atoms with Gasteiger partial charge in [-0.1, -0.05) is 42.5 Å². The van der Waals surface area contributed by atoms with Crippen LogP contribution in [0.3, 0.4) is 0 Å². The van der Waals surface area contributed by atoms with Gasteiger partial charge in [-0.05, 0) is 12.0 Å². The number of rotatable bonds is 1. The first-order valence-corrected chi connectivity index (χ1v) is 5.82. The molecule has 88 valence electrons. The largest absolute Gasteiger partial charge is 0.382 e. The van der Waals surface area contributed by atoms with E-state index in [0.29, 0.717) is 6.42 Å². The zero-order valence-electron chi connectivity index (χ0n) is 9.37. The van der Waals surface area contributed by atoms with Crippen molar-refractivity contribution in [2.45, 2.75) is 30.7 Å². The molecule has 3 heteroatoms. The number of fused-ring (bicyclic) bond motifs is 2. The standard InChI is InChI=1S/C14H14O3/c15-11-9-14(10-5-2-1-3-6-10)8-4-7-12(17-14)13(11)16/h1-7,12-13,16H,8-9H2/t12-,13+,14+/m1/s1. The Morgan fingerprint density at radius 2 is 2.06 bits per heavy atom. The van der Waals surface area contributed by atoms with Crippen LogP contribution in [0.2, 0.25) is 0 Å². The minimum absolute atomic E-state index is 0.130. The van der Waals surface area contributed by atoms with Gasteiger partial charge in [0, 0.05) is 6.42 Å². The molecule has 0 aliphatic carbocycles. The van der Waals surface area contributed by atoms with E-state index in [1.807, 2.05) is 36.4 Å². The molecule has 0 amide bonds. The van der Waals surface area contributed by atoms with E-state index < -0.39 is 17.8 Å². The Hall–Kier alpha value is -1.45. The third kappa shape index (κ3) is 1.63. The van der Waals surface area contributed by atoms with Crippen molar-refractivity contribution < 1.29 is 14.6 Å². The summed E-state index contributed by atoms with van der Waals surface area (Å²) in [6, 6.07) is 9.77. The summed E-state index contributed by atoms with van der Waals surface area (Å²) in [5.74, 6) is -0.130. The van der Waals surface area contributed by atoms with Crippen LogP contribution in [0.5, 0.6) is 0 Å². The number of aliphatic hydroxyl groups excluding tert-OH is 1. The van der Waals surface area contributed by atoms with Gasteiger partial charge in [0.05, 0.1) is 0 Å². The quantitative estimate of drug-likeness (QED) is 0.745. The molecule has 0 spiro atoms. The summed E-state index contributed by atoms with van der Waals surface area (Å²) >= 11 is 0. The molecular formula is C14H14O3. The lowest BCUT2D eigenvalue weighted by molar-refractivity contribution is -0.179. The summed E-state index contributed by atoms with van der Waals surface area (Å²) in [7, 11) is 0. The van der Waals surface area contributed by atoms with Gasteiger partial charge in [-0.15, -0.1) is 0 Å². The Bertz CT molecular complexity index is 466. The number of hydrogen-bond donors (Lipinski definition) is 1. The summed E-state index contributed by atoms with van der Waals surface area (Å²) < 4.78 is 5.92. The molecule has 1 N–H and O–H groups in total. The normalized spacial score (nSPS) is 35.9. The number of carbonyl (C=O) groups is 1. The second-order valence-electron chi connectivity index (χ2n) is 4.66. The minimum atomic E-state index is -1.01. The van der Waals surface area contributed by atoms with E-state index in [4.69, 9.17) is 4.74 Å². The van der Waals surface area contributed by atoms with Crippen LogP contribution in [-0.2, 0) is 15.1 Å². The van der Waals surface area contributed by atoms with Crippen LogP contribution in [0.15, 0.2) is 42.5 Å². The first-order valence-electron chi connectivity index (χ1n) is 5.82. The highest BCUT2D eigenvalue weighted by atomic mass is 16.5. The smallest absolute Gasteiger partial charge is 0.167 e. The summed E-state index contributed by atoms with van der Waals surface area (Å²) in [6.07, 6.45) is 3.21. The fraction of sp³-hybridized carbons (Fsp3) is 0.357. The second kappa shape index (κ2) is 3.79. The maximum atomic E-state index is 11.8. The van der Waals surface area contributed by atoms with E-state index in [1.165, 1.54) is 0 Å². The van der Waals surface area contributed by atoms with Gasteiger partial charge in [0.15, 0.2) is 5.78 Å². The maximum Gasteiger partial charge on any atom is 0.167 e. The van der Waals surface area contributed by atoms with Crippen LogP contribution in [0.4, 0.5) is 0 Å². The molecule has 2 heterocycles. The maximum absolute atomic E-state index is 11.8. The van der Waals surface area contributed by atoms with Crippen molar-refractivity contribution >= 4 is 5.78 Å². The van der Waals surface area contributed by atoms with Gasteiger partial charge < -0.3 is 9.84 Å². The molecule has 0 saturated carbocycles. The average molecular weight is 230 g/mol. The number of ether oxygens (including phenoxy) is 1. The zero-order chi connectivity index (χ0) is 11.9. The fourth-order valence-electron chi connectivity index (χ4n) is 2.62. The SMILES string of the molecule is O=C1C[C@]2(c3ccccc3)CC=C[C@@H](O2)[C@H]1O. The first kappa shape index (κ1) is 10.7. The number of benzene rings is 1. The molecule has 2 aliphatic heterocycles. The van der Waals surface area contributed by atoms with Gasteiger partial charge in [-0.25, -0.2) is 0 Å². The van der Waals surface area contributed by atoms with Crippen molar-refractivity contribution in [3.63, 3.8) is 0 Å². The topological polar surface area (TPSA) is 46.5 Å². The third-order valence-corrected chi connectivity index (χ3v) is 3.54. The molecule has 3 nitrogen and oxygen atoms in total. The van der Waals surface area contributed by atoms with Crippen LogP contribution in [-0.4, -0.2) is 23.1 Å².